The van der Waals surface area contributed by atoms with Crippen molar-refractivity contribution in [2.75, 3.05) is 7.11 Å². The summed E-state index contributed by atoms with van der Waals surface area (Å²) in [4.78, 5) is 1.12. The zero-order valence-electron chi connectivity index (χ0n) is 10.1. The largest absolute Gasteiger partial charge is 0.493 e. The molecule has 102 valence electrons. The topological polar surface area (TPSA) is 18.5 Å². The summed E-state index contributed by atoms with van der Waals surface area (Å²) in [5.74, 6) is 1.56. The van der Waals surface area contributed by atoms with Gasteiger partial charge in [0.1, 0.15) is 6.61 Å². The van der Waals surface area contributed by atoms with E-state index in [1.807, 2.05) is 12.1 Å². The van der Waals surface area contributed by atoms with Crippen LogP contribution in [0.2, 0.25) is 5.02 Å². The Balaban J connectivity index is 2.23. The molecule has 0 unspecified atom stereocenters. The molecule has 6 heteroatoms. The maximum Gasteiger partial charge on any atom is 0.166 e. The molecule has 1 heterocycles. The van der Waals surface area contributed by atoms with Gasteiger partial charge in [-0.1, -0.05) is 11.6 Å². The molecule has 0 N–H and O–H groups in total. The number of thiophene rings is 1. The fourth-order valence-electron chi connectivity index (χ4n) is 1.61. The summed E-state index contributed by atoms with van der Waals surface area (Å²) in [7, 11) is 1.58. The summed E-state index contributed by atoms with van der Waals surface area (Å²) in [6.07, 6.45) is 0. The lowest BCUT2D eigenvalue weighted by atomic mass is 10.2. The second-order valence-electron chi connectivity index (χ2n) is 3.72. The first-order valence-corrected chi connectivity index (χ1v) is 7.95. The van der Waals surface area contributed by atoms with Crippen LogP contribution in [-0.4, -0.2) is 7.11 Å². The van der Waals surface area contributed by atoms with E-state index in [1.165, 1.54) is 0 Å². The number of rotatable bonds is 5. The third kappa shape index (κ3) is 3.78. The molecular formula is C13H11BrCl2O2S. The Bertz CT molecular complexity index is 547. The number of halogens is 3. The van der Waals surface area contributed by atoms with Crippen molar-refractivity contribution >= 4 is 50.5 Å². The van der Waals surface area contributed by atoms with E-state index in [-0.39, 0.29) is 0 Å². The summed E-state index contributed by atoms with van der Waals surface area (Å²) < 4.78 is 12.2. The normalized spacial score (nSPS) is 10.5. The van der Waals surface area contributed by atoms with Gasteiger partial charge >= 0.3 is 0 Å². The van der Waals surface area contributed by atoms with Crippen molar-refractivity contribution in [3.63, 3.8) is 0 Å². The van der Waals surface area contributed by atoms with Crippen molar-refractivity contribution in [1.29, 1.82) is 0 Å². The van der Waals surface area contributed by atoms with Gasteiger partial charge < -0.3 is 9.47 Å². The zero-order chi connectivity index (χ0) is 13.8. The highest BCUT2D eigenvalue weighted by molar-refractivity contribution is 9.11. The van der Waals surface area contributed by atoms with Gasteiger partial charge in [-0.3, -0.25) is 0 Å². The summed E-state index contributed by atoms with van der Waals surface area (Å²) in [5.41, 5.74) is 0.821. The van der Waals surface area contributed by atoms with E-state index in [1.54, 1.807) is 30.6 Å². The first-order chi connectivity index (χ1) is 9.13. The third-order valence-corrected chi connectivity index (χ3v) is 4.55. The standard InChI is InChI=1S/C13H11BrCl2O2S/c1-17-11-5-9(16)4-8(6-15)13(11)18-7-10-2-3-12(14)19-10/h2-5H,6-7H2,1H3. The summed E-state index contributed by atoms with van der Waals surface area (Å²) in [6.45, 7) is 0.470. The van der Waals surface area contributed by atoms with Crippen molar-refractivity contribution in [1.82, 2.24) is 0 Å². The van der Waals surface area contributed by atoms with Gasteiger partial charge in [0.2, 0.25) is 0 Å². The number of ether oxygens (including phenoxy) is 2. The Morgan fingerprint density at radius 2 is 2.11 bits per heavy atom. The lowest BCUT2D eigenvalue weighted by Crippen LogP contribution is -1.99. The van der Waals surface area contributed by atoms with Crippen molar-refractivity contribution in [2.24, 2.45) is 0 Å². The summed E-state index contributed by atoms with van der Waals surface area (Å²) >= 11 is 17.0. The molecule has 2 rings (SSSR count). The highest BCUT2D eigenvalue weighted by Crippen LogP contribution is 2.36. The van der Waals surface area contributed by atoms with Gasteiger partial charge in [0.15, 0.2) is 11.5 Å². The number of hydrogen-bond donors (Lipinski definition) is 0. The maximum absolute atomic E-state index is 6.00. The van der Waals surface area contributed by atoms with Gasteiger partial charge in [-0.15, -0.1) is 22.9 Å². The van der Waals surface area contributed by atoms with Crippen LogP contribution >= 0.6 is 50.5 Å². The number of methoxy groups -OCH3 is 1. The quantitative estimate of drug-likeness (QED) is 0.637. The molecule has 0 spiro atoms. The number of alkyl halides is 1. The molecule has 2 aromatic rings. The molecule has 0 atom stereocenters. The average molecular weight is 382 g/mol. The molecule has 0 aliphatic rings. The molecule has 2 nitrogen and oxygen atoms in total. The Labute approximate surface area is 134 Å². The predicted octanol–water partition coefficient (Wildman–Crippen LogP) is 5.49. The first kappa shape index (κ1) is 15.0. The van der Waals surface area contributed by atoms with E-state index in [4.69, 9.17) is 32.7 Å². The molecule has 0 radical (unpaired) electrons. The Morgan fingerprint density at radius 1 is 1.32 bits per heavy atom. The van der Waals surface area contributed by atoms with Crippen LogP contribution in [0, 0.1) is 0 Å². The van der Waals surface area contributed by atoms with Crippen LogP contribution < -0.4 is 9.47 Å². The van der Waals surface area contributed by atoms with E-state index < -0.39 is 0 Å². The molecule has 1 aromatic carbocycles. The van der Waals surface area contributed by atoms with Gasteiger partial charge in [0.05, 0.1) is 16.8 Å². The molecular weight excluding hydrogens is 371 g/mol. The smallest absolute Gasteiger partial charge is 0.166 e. The van der Waals surface area contributed by atoms with E-state index in [0.717, 1.165) is 14.2 Å². The summed E-state index contributed by atoms with van der Waals surface area (Å²) in [5, 5.41) is 0.582. The van der Waals surface area contributed by atoms with Crippen molar-refractivity contribution < 1.29 is 9.47 Å². The van der Waals surface area contributed by atoms with E-state index in [0.29, 0.717) is 29.0 Å². The minimum Gasteiger partial charge on any atom is -0.493 e. The zero-order valence-corrected chi connectivity index (χ0v) is 14.0. The second-order valence-corrected chi connectivity index (χ2v) is 6.98. The monoisotopic (exact) mass is 380 g/mol. The highest BCUT2D eigenvalue weighted by Gasteiger charge is 2.13. The molecule has 0 saturated heterocycles. The molecule has 0 saturated carbocycles. The molecule has 19 heavy (non-hydrogen) atoms. The molecule has 0 bridgehead atoms. The van der Waals surface area contributed by atoms with Crippen molar-refractivity contribution in [3.05, 3.63) is 43.5 Å². The number of benzene rings is 1. The minimum absolute atomic E-state index is 0.320. The molecule has 0 fully saturated rings. The fraction of sp³-hybridized carbons (Fsp3) is 0.231. The van der Waals surface area contributed by atoms with Crippen LogP contribution in [0.25, 0.3) is 0 Å². The maximum atomic E-state index is 6.00. The fourth-order valence-corrected chi connectivity index (χ4v) is 3.44. The number of hydrogen-bond acceptors (Lipinski definition) is 3. The third-order valence-electron chi connectivity index (χ3n) is 2.45. The van der Waals surface area contributed by atoms with E-state index in [2.05, 4.69) is 15.9 Å². The summed E-state index contributed by atoms with van der Waals surface area (Å²) in [6, 6.07) is 7.51. The molecule has 0 amide bonds. The van der Waals surface area contributed by atoms with E-state index >= 15 is 0 Å². The Hall–Kier alpha value is -0.420. The van der Waals surface area contributed by atoms with Gasteiger partial charge in [-0.05, 0) is 34.1 Å². The van der Waals surface area contributed by atoms with Gasteiger partial charge in [0.25, 0.3) is 0 Å². The van der Waals surface area contributed by atoms with Crippen LogP contribution in [-0.2, 0) is 12.5 Å². The lowest BCUT2D eigenvalue weighted by Gasteiger charge is -2.14. The average Bonchev–Trinajstić information content (AvgIpc) is 2.81. The molecule has 0 aliphatic carbocycles. The second kappa shape index (κ2) is 6.84. The molecule has 0 aliphatic heterocycles. The minimum atomic E-state index is 0.320. The SMILES string of the molecule is COc1cc(Cl)cc(CCl)c1OCc1ccc(Br)s1. The van der Waals surface area contributed by atoms with Gasteiger partial charge in [-0.25, -0.2) is 0 Å². The van der Waals surface area contributed by atoms with Gasteiger partial charge in [0, 0.05) is 21.5 Å². The van der Waals surface area contributed by atoms with Crippen LogP contribution in [0.3, 0.4) is 0 Å². The van der Waals surface area contributed by atoms with Gasteiger partial charge in [-0.2, -0.15) is 0 Å². The van der Waals surface area contributed by atoms with Crippen LogP contribution in [0.1, 0.15) is 10.4 Å². The lowest BCUT2D eigenvalue weighted by molar-refractivity contribution is 0.285. The Kier molecular flexibility index (Phi) is 5.39. The van der Waals surface area contributed by atoms with Crippen molar-refractivity contribution in [2.45, 2.75) is 12.5 Å². The molecule has 1 aromatic heterocycles. The van der Waals surface area contributed by atoms with Crippen LogP contribution in [0.5, 0.6) is 11.5 Å². The predicted molar refractivity (Wildman–Crippen MR) is 83.9 cm³/mol. The van der Waals surface area contributed by atoms with Crippen LogP contribution in [0.4, 0.5) is 0 Å². The highest BCUT2D eigenvalue weighted by atomic mass is 79.9. The first-order valence-electron chi connectivity index (χ1n) is 5.43. The van der Waals surface area contributed by atoms with Crippen molar-refractivity contribution in [3.8, 4) is 11.5 Å². The Morgan fingerprint density at radius 3 is 2.68 bits per heavy atom. The van der Waals surface area contributed by atoms with E-state index in [9.17, 15) is 0 Å². The van der Waals surface area contributed by atoms with Crippen LogP contribution in [0.15, 0.2) is 28.1 Å².